The third-order valence-electron chi connectivity index (χ3n) is 2.03. The summed E-state index contributed by atoms with van der Waals surface area (Å²) in [6, 6.07) is 8.29. The fourth-order valence-electron chi connectivity index (χ4n) is 1.40. The van der Waals surface area contributed by atoms with Gasteiger partial charge in [0.05, 0.1) is 11.1 Å². The minimum atomic E-state index is 0.920. The molecule has 2 nitrogen and oxygen atoms in total. The second kappa shape index (κ2) is 2.57. The Morgan fingerprint density at radius 1 is 1.23 bits per heavy atom. The second-order valence-electron chi connectivity index (χ2n) is 2.88. The molecule has 0 bridgehead atoms. The van der Waals surface area contributed by atoms with Gasteiger partial charge in [0.15, 0.2) is 5.76 Å². The van der Waals surface area contributed by atoms with E-state index in [1.165, 1.54) is 10.5 Å². The highest BCUT2D eigenvalue weighted by molar-refractivity contribution is 8.03. The molecule has 0 amide bonds. The molecule has 0 fully saturated rings. The van der Waals surface area contributed by atoms with Crippen molar-refractivity contribution in [2.24, 2.45) is 0 Å². The molecule has 2 heterocycles. The Morgan fingerprint density at radius 2 is 2.15 bits per heavy atom. The van der Waals surface area contributed by atoms with Crippen molar-refractivity contribution in [3.8, 4) is 0 Å². The Kier molecular flexibility index (Phi) is 1.40. The number of hydroxylamine groups is 1. The fourth-order valence-corrected chi connectivity index (χ4v) is 2.34. The Balaban J connectivity index is 2.18. The minimum Gasteiger partial charge on any atom is -0.381 e. The molecule has 2 aliphatic rings. The van der Waals surface area contributed by atoms with Crippen molar-refractivity contribution in [1.82, 2.24) is 5.48 Å². The van der Waals surface area contributed by atoms with Crippen LogP contribution in [0.25, 0.3) is 6.08 Å². The number of hydrogen-bond acceptors (Lipinski definition) is 3. The average Bonchev–Trinajstić information content (AvgIpc) is 2.61. The van der Waals surface area contributed by atoms with E-state index in [0.717, 1.165) is 10.7 Å². The molecule has 0 saturated carbocycles. The lowest BCUT2D eigenvalue weighted by Crippen LogP contribution is -1.97. The Morgan fingerprint density at radius 3 is 3.15 bits per heavy atom. The summed E-state index contributed by atoms with van der Waals surface area (Å²) in [6.45, 7) is 0. The van der Waals surface area contributed by atoms with Gasteiger partial charge < -0.3 is 4.84 Å². The SMILES string of the molecule is C1=C2ONC=C2Sc2ccccc21. The molecule has 0 atom stereocenters. The van der Waals surface area contributed by atoms with Gasteiger partial charge in [0.1, 0.15) is 0 Å². The topological polar surface area (TPSA) is 21.3 Å². The molecule has 1 aromatic carbocycles. The van der Waals surface area contributed by atoms with Gasteiger partial charge in [0, 0.05) is 4.90 Å². The van der Waals surface area contributed by atoms with Gasteiger partial charge in [-0.05, 0) is 17.7 Å². The van der Waals surface area contributed by atoms with E-state index in [0.29, 0.717) is 0 Å². The van der Waals surface area contributed by atoms with E-state index in [1.54, 1.807) is 11.8 Å². The molecule has 0 radical (unpaired) electrons. The first-order valence-corrected chi connectivity index (χ1v) is 4.87. The third-order valence-corrected chi connectivity index (χ3v) is 3.16. The molecule has 1 N–H and O–H groups in total. The highest BCUT2D eigenvalue weighted by Gasteiger charge is 2.20. The van der Waals surface area contributed by atoms with Crippen molar-refractivity contribution in [2.75, 3.05) is 0 Å². The van der Waals surface area contributed by atoms with Crippen LogP contribution in [0.2, 0.25) is 0 Å². The van der Waals surface area contributed by atoms with E-state index in [1.807, 2.05) is 12.3 Å². The normalized spacial score (nSPS) is 17.5. The van der Waals surface area contributed by atoms with Crippen LogP contribution in [-0.4, -0.2) is 0 Å². The molecule has 13 heavy (non-hydrogen) atoms. The maximum absolute atomic E-state index is 5.21. The van der Waals surface area contributed by atoms with E-state index in [2.05, 4.69) is 29.8 Å². The van der Waals surface area contributed by atoms with Crippen molar-refractivity contribution in [3.63, 3.8) is 0 Å². The van der Waals surface area contributed by atoms with Crippen molar-refractivity contribution < 1.29 is 4.84 Å². The molecule has 2 aliphatic heterocycles. The van der Waals surface area contributed by atoms with Gasteiger partial charge in [-0.15, -0.1) is 0 Å². The van der Waals surface area contributed by atoms with Gasteiger partial charge in [0.25, 0.3) is 0 Å². The van der Waals surface area contributed by atoms with E-state index in [-0.39, 0.29) is 0 Å². The van der Waals surface area contributed by atoms with Crippen LogP contribution in [0.3, 0.4) is 0 Å². The van der Waals surface area contributed by atoms with Crippen LogP contribution < -0.4 is 5.48 Å². The molecular weight excluding hydrogens is 182 g/mol. The number of fused-ring (bicyclic) bond motifs is 2. The summed E-state index contributed by atoms with van der Waals surface area (Å²) < 4.78 is 0. The van der Waals surface area contributed by atoms with Gasteiger partial charge in [-0.2, -0.15) is 0 Å². The largest absolute Gasteiger partial charge is 0.381 e. The van der Waals surface area contributed by atoms with E-state index in [4.69, 9.17) is 4.84 Å². The first-order valence-electron chi connectivity index (χ1n) is 4.05. The molecule has 3 heteroatoms. The van der Waals surface area contributed by atoms with Crippen molar-refractivity contribution >= 4 is 17.8 Å². The third kappa shape index (κ3) is 1.04. The number of nitrogens with one attached hydrogen (secondary N) is 1. The van der Waals surface area contributed by atoms with Crippen LogP contribution in [-0.2, 0) is 4.84 Å². The van der Waals surface area contributed by atoms with Crippen molar-refractivity contribution in [2.45, 2.75) is 4.90 Å². The number of benzene rings is 1. The van der Waals surface area contributed by atoms with Crippen molar-refractivity contribution in [1.29, 1.82) is 0 Å². The van der Waals surface area contributed by atoms with Crippen LogP contribution in [0.4, 0.5) is 0 Å². The van der Waals surface area contributed by atoms with Crippen LogP contribution in [0, 0.1) is 0 Å². The second-order valence-corrected chi connectivity index (χ2v) is 3.96. The van der Waals surface area contributed by atoms with Crippen LogP contribution in [0.15, 0.2) is 46.0 Å². The van der Waals surface area contributed by atoms with Crippen molar-refractivity contribution in [3.05, 3.63) is 46.7 Å². The Labute approximate surface area is 80.2 Å². The number of hydrogen-bond donors (Lipinski definition) is 1. The maximum atomic E-state index is 5.21. The molecule has 0 aromatic heterocycles. The summed E-state index contributed by atoms with van der Waals surface area (Å²) in [7, 11) is 0. The summed E-state index contributed by atoms with van der Waals surface area (Å²) in [5.41, 5.74) is 3.97. The predicted octanol–water partition coefficient (Wildman–Crippen LogP) is 2.51. The molecular formula is C10H7NOS. The minimum absolute atomic E-state index is 0.920. The molecule has 0 spiro atoms. The van der Waals surface area contributed by atoms with E-state index in [9.17, 15) is 0 Å². The highest BCUT2D eigenvalue weighted by Crippen LogP contribution is 2.41. The zero-order valence-electron chi connectivity index (χ0n) is 6.78. The lowest BCUT2D eigenvalue weighted by molar-refractivity contribution is 0.173. The van der Waals surface area contributed by atoms with E-state index >= 15 is 0 Å². The maximum Gasteiger partial charge on any atom is 0.171 e. The Bertz CT molecular complexity index is 423. The molecule has 0 saturated heterocycles. The molecule has 0 aliphatic carbocycles. The number of thioether (sulfide) groups is 1. The van der Waals surface area contributed by atoms with Gasteiger partial charge in [0.2, 0.25) is 0 Å². The van der Waals surface area contributed by atoms with Gasteiger partial charge in [-0.25, -0.2) is 5.48 Å². The summed E-state index contributed by atoms with van der Waals surface area (Å²) in [5, 5.41) is 0. The summed E-state index contributed by atoms with van der Waals surface area (Å²) in [6.07, 6.45) is 3.93. The van der Waals surface area contributed by atoms with Crippen LogP contribution in [0.1, 0.15) is 5.56 Å². The lowest BCUT2D eigenvalue weighted by Gasteiger charge is -2.12. The van der Waals surface area contributed by atoms with Gasteiger partial charge in [-0.1, -0.05) is 30.0 Å². The summed E-state index contributed by atoms with van der Waals surface area (Å²) >= 11 is 1.73. The molecule has 1 aromatic rings. The summed E-state index contributed by atoms with van der Waals surface area (Å²) in [5.74, 6) is 0.920. The van der Waals surface area contributed by atoms with E-state index < -0.39 is 0 Å². The smallest absolute Gasteiger partial charge is 0.171 e. The Hall–Kier alpha value is -1.35. The standard InChI is InChI=1S/C10H7NOS/c1-2-4-9-7(3-1)5-8-10(13-9)6-11-12-8/h1-6,11H. The molecule has 3 rings (SSSR count). The predicted molar refractivity (Wildman–Crippen MR) is 52.6 cm³/mol. The van der Waals surface area contributed by atoms with Gasteiger partial charge in [-0.3, -0.25) is 0 Å². The lowest BCUT2D eigenvalue weighted by atomic mass is 10.2. The van der Waals surface area contributed by atoms with Crippen LogP contribution in [0.5, 0.6) is 0 Å². The highest BCUT2D eigenvalue weighted by atomic mass is 32.2. The van der Waals surface area contributed by atoms with Crippen LogP contribution >= 0.6 is 11.8 Å². The zero-order chi connectivity index (χ0) is 8.67. The molecule has 64 valence electrons. The fraction of sp³-hybridized carbons (Fsp3) is 0. The van der Waals surface area contributed by atoms with Gasteiger partial charge >= 0.3 is 0 Å². The monoisotopic (exact) mass is 189 g/mol. The average molecular weight is 189 g/mol. The first-order chi connectivity index (χ1) is 6.43. The number of rotatable bonds is 0. The quantitative estimate of drug-likeness (QED) is 0.677. The molecule has 0 unspecified atom stereocenters. The zero-order valence-corrected chi connectivity index (χ0v) is 7.60. The summed E-state index contributed by atoms with van der Waals surface area (Å²) in [4.78, 5) is 7.65. The first kappa shape index (κ1) is 7.09.